The van der Waals surface area contributed by atoms with Crippen molar-refractivity contribution in [2.24, 2.45) is 10.2 Å². The Balaban J connectivity index is 1.17. The number of methoxy groups -OCH3 is 1. The first kappa shape index (κ1) is 29.7. The van der Waals surface area contributed by atoms with Crippen LogP contribution in [0, 0.1) is 6.92 Å². The molecule has 0 unspecified atom stereocenters. The molecule has 232 valence electrons. The molecule has 0 spiro atoms. The molecule has 1 amide bonds. The van der Waals surface area contributed by atoms with Crippen molar-refractivity contribution in [2.75, 3.05) is 17.9 Å². The van der Waals surface area contributed by atoms with Crippen LogP contribution in [0.2, 0.25) is 0 Å². The molecule has 3 N–H and O–H groups in total. The van der Waals surface area contributed by atoms with Crippen LogP contribution in [0.5, 0.6) is 11.5 Å². The predicted molar refractivity (Wildman–Crippen MR) is 185 cm³/mol. The number of hydrogen-bond donors (Lipinski definition) is 3. The number of carbonyl (C=O) groups is 1. The summed E-state index contributed by atoms with van der Waals surface area (Å²) in [5.74, 6) is -0.206. The van der Waals surface area contributed by atoms with Gasteiger partial charge in [0.05, 0.1) is 25.0 Å². The fourth-order valence-electron chi connectivity index (χ4n) is 5.91. The Morgan fingerprint density at radius 2 is 1.62 bits per heavy atom. The van der Waals surface area contributed by atoms with Gasteiger partial charge in [-0.25, -0.2) is 0 Å². The van der Waals surface area contributed by atoms with Crippen molar-refractivity contribution in [3.63, 3.8) is 0 Å². The summed E-state index contributed by atoms with van der Waals surface area (Å²) in [6, 6.07) is 36.7. The van der Waals surface area contributed by atoms with E-state index in [9.17, 15) is 9.90 Å². The zero-order chi connectivity index (χ0) is 32.3. The number of para-hydroxylation sites is 1. The van der Waals surface area contributed by atoms with Gasteiger partial charge in [0.1, 0.15) is 17.1 Å². The molecule has 8 heteroatoms. The second-order valence-electron chi connectivity index (χ2n) is 11.5. The first-order valence-electron chi connectivity index (χ1n) is 15.3. The number of phenols is 1. The minimum Gasteiger partial charge on any atom is -0.505 e. The summed E-state index contributed by atoms with van der Waals surface area (Å²) in [4.78, 5) is 19.3. The highest BCUT2D eigenvalue weighted by Gasteiger charge is 2.21. The van der Waals surface area contributed by atoms with Gasteiger partial charge in [0.2, 0.25) is 0 Å². The van der Waals surface area contributed by atoms with E-state index in [0.29, 0.717) is 22.5 Å². The molecule has 0 heterocycles. The summed E-state index contributed by atoms with van der Waals surface area (Å²) in [6.45, 7) is 2.24. The van der Waals surface area contributed by atoms with Crippen molar-refractivity contribution < 1.29 is 19.5 Å². The molecular weight excluding hydrogens is 588 g/mol. The van der Waals surface area contributed by atoms with E-state index in [1.165, 1.54) is 16.7 Å². The molecule has 47 heavy (non-hydrogen) atoms. The summed E-state index contributed by atoms with van der Waals surface area (Å²) >= 11 is 0. The Labute approximate surface area is 272 Å². The smallest absolute Gasteiger partial charge is 0.259 e. The minimum absolute atomic E-state index is 0.0990. The van der Waals surface area contributed by atoms with Crippen LogP contribution >= 0.6 is 0 Å². The van der Waals surface area contributed by atoms with E-state index in [0.717, 1.165) is 34.2 Å². The van der Waals surface area contributed by atoms with Gasteiger partial charge in [0.15, 0.2) is 5.75 Å². The molecule has 0 radical (unpaired) electrons. The van der Waals surface area contributed by atoms with E-state index < -0.39 is 5.91 Å². The summed E-state index contributed by atoms with van der Waals surface area (Å²) in [5.41, 5.74) is 11.8. The van der Waals surface area contributed by atoms with Gasteiger partial charge in [-0.1, -0.05) is 78.4 Å². The van der Waals surface area contributed by atoms with Crippen LogP contribution in [0.1, 0.15) is 32.6 Å². The lowest BCUT2D eigenvalue weighted by Gasteiger charge is -2.13. The number of anilines is 2. The summed E-state index contributed by atoms with van der Waals surface area (Å²) in [5, 5.41) is 24.9. The lowest BCUT2D eigenvalue weighted by Crippen LogP contribution is -2.12. The summed E-state index contributed by atoms with van der Waals surface area (Å²) in [7, 11) is 1.56. The number of carbonyl (C=O) groups excluding carboxylic acids is 1. The maximum absolute atomic E-state index is 13.7. The van der Waals surface area contributed by atoms with Gasteiger partial charge >= 0.3 is 0 Å². The number of nitrogens with one attached hydrogen (secondary N) is 2. The Hall–Kier alpha value is -5.99. The molecule has 0 aromatic heterocycles. The topological polar surface area (TPSA) is 105 Å². The van der Waals surface area contributed by atoms with Gasteiger partial charge in [0, 0.05) is 11.1 Å². The fraction of sp³-hybridized carbons (Fsp3) is 0.103. The van der Waals surface area contributed by atoms with E-state index in [-0.39, 0.29) is 23.6 Å². The van der Waals surface area contributed by atoms with Crippen LogP contribution in [0.25, 0.3) is 21.9 Å². The molecule has 6 aromatic rings. The first-order valence-corrected chi connectivity index (χ1v) is 15.3. The molecule has 6 aromatic carbocycles. The number of benzene rings is 6. The number of phenolic OH excluding ortho intramolecular Hbond substituents is 1. The van der Waals surface area contributed by atoms with Crippen LogP contribution in [-0.2, 0) is 17.9 Å². The lowest BCUT2D eigenvalue weighted by molar-refractivity contribution is 0.102. The van der Waals surface area contributed by atoms with Crippen molar-refractivity contribution in [3.8, 4) is 22.6 Å². The number of amides is 1. The number of aryl methyl sites for hydroxylation is 1. The maximum Gasteiger partial charge on any atom is 0.259 e. The molecule has 1 aliphatic carbocycles. The Bertz CT molecular complexity index is 2160. The van der Waals surface area contributed by atoms with Crippen molar-refractivity contribution in [1.29, 1.82) is 0 Å². The number of aromatic hydroxyl groups is 1. The van der Waals surface area contributed by atoms with Crippen molar-refractivity contribution >= 4 is 39.4 Å². The number of nitrogens with zero attached hydrogens (tertiary/aromatic N) is 2. The molecule has 7 rings (SSSR count). The average Bonchev–Trinajstić information content (AvgIpc) is 3.46. The van der Waals surface area contributed by atoms with Gasteiger partial charge < -0.3 is 15.2 Å². The zero-order valence-corrected chi connectivity index (χ0v) is 26.0. The number of azo groups is 1. The highest BCUT2D eigenvalue weighted by Crippen LogP contribution is 2.42. The standard InChI is InChI=1S/C39H32N4O4/c1-24-12-15-33-27(18-24)22-34(39(45)40-30-14-16-32-28(21-30)20-26-8-6-7-11-31(26)32)38(44)37(33)42-41-35-19-25(13-17-36(35)46-2)23-47-43-29-9-4-3-5-10-29/h3-19,21-22,43-44H,20,23H2,1-2H3,(H,40,45). The van der Waals surface area contributed by atoms with E-state index in [2.05, 4.69) is 33.2 Å². The van der Waals surface area contributed by atoms with E-state index in [1.807, 2.05) is 91.9 Å². The van der Waals surface area contributed by atoms with Gasteiger partial charge in [-0.2, -0.15) is 0 Å². The zero-order valence-electron chi connectivity index (χ0n) is 26.0. The quantitative estimate of drug-likeness (QED) is 0.110. The van der Waals surface area contributed by atoms with Crippen LogP contribution in [-0.4, -0.2) is 18.1 Å². The highest BCUT2D eigenvalue weighted by molar-refractivity contribution is 6.12. The van der Waals surface area contributed by atoms with Crippen LogP contribution in [0.4, 0.5) is 22.7 Å². The Morgan fingerprint density at radius 3 is 2.47 bits per heavy atom. The Morgan fingerprint density at radius 1 is 0.809 bits per heavy atom. The van der Waals surface area contributed by atoms with E-state index in [4.69, 9.17) is 9.57 Å². The normalized spacial score (nSPS) is 11.8. The monoisotopic (exact) mass is 620 g/mol. The van der Waals surface area contributed by atoms with Crippen LogP contribution < -0.4 is 15.5 Å². The largest absolute Gasteiger partial charge is 0.505 e. The molecule has 0 atom stereocenters. The fourth-order valence-corrected chi connectivity index (χ4v) is 5.91. The van der Waals surface area contributed by atoms with Gasteiger partial charge in [-0.05, 0) is 89.0 Å². The molecule has 0 aliphatic heterocycles. The molecule has 0 saturated heterocycles. The van der Waals surface area contributed by atoms with Gasteiger partial charge in [-0.15, -0.1) is 10.2 Å². The van der Waals surface area contributed by atoms with Crippen molar-refractivity contribution in [2.45, 2.75) is 20.0 Å². The summed E-state index contributed by atoms with van der Waals surface area (Å²) in [6.07, 6.45) is 0.806. The SMILES string of the molecule is COc1ccc(CONc2ccccc2)cc1N=Nc1c(O)c(C(=O)Nc2ccc3c(c2)Cc2ccccc2-3)cc2cc(C)ccc12. The number of hydrogen-bond acceptors (Lipinski definition) is 7. The molecular formula is C39H32N4O4. The maximum atomic E-state index is 13.7. The average molecular weight is 621 g/mol. The highest BCUT2D eigenvalue weighted by atomic mass is 16.6. The van der Waals surface area contributed by atoms with E-state index in [1.54, 1.807) is 25.3 Å². The number of fused-ring (bicyclic) bond motifs is 4. The molecule has 1 aliphatic rings. The Kier molecular flexibility index (Phi) is 8.08. The second-order valence-corrected chi connectivity index (χ2v) is 11.5. The second kappa shape index (κ2) is 12.8. The third kappa shape index (κ3) is 6.14. The van der Waals surface area contributed by atoms with Gasteiger partial charge in [0.25, 0.3) is 5.91 Å². The third-order valence-corrected chi connectivity index (χ3v) is 8.24. The third-order valence-electron chi connectivity index (χ3n) is 8.24. The number of rotatable bonds is 9. The molecule has 0 saturated carbocycles. The lowest BCUT2D eigenvalue weighted by atomic mass is 10.0. The van der Waals surface area contributed by atoms with Crippen LogP contribution in [0.15, 0.2) is 125 Å². The molecule has 8 nitrogen and oxygen atoms in total. The first-order chi connectivity index (χ1) is 23.0. The molecule has 0 fully saturated rings. The van der Waals surface area contributed by atoms with Crippen molar-refractivity contribution in [3.05, 3.63) is 143 Å². The van der Waals surface area contributed by atoms with Crippen molar-refractivity contribution in [1.82, 2.24) is 0 Å². The molecule has 0 bridgehead atoms. The predicted octanol–water partition coefficient (Wildman–Crippen LogP) is 9.65. The number of ether oxygens (including phenoxy) is 1. The minimum atomic E-state index is -0.444. The van der Waals surface area contributed by atoms with Crippen LogP contribution in [0.3, 0.4) is 0 Å². The van der Waals surface area contributed by atoms with Gasteiger partial charge in [-0.3, -0.25) is 15.1 Å². The van der Waals surface area contributed by atoms with E-state index >= 15 is 0 Å². The summed E-state index contributed by atoms with van der Waals surface area (Å²) < 4.78 is 5.54.